The van der Waals surface area contributed by atoms with Crippen LogP contribution in [0.3, 0.4) is 0 Å². The molecule has 1 heterocycles. The Morgan fingerprint density at radius 2 is 2.25 bits per heavy atom. The second kappa shape index (κ2) is 4.34. The van der Waals surface area contributed by atoms with Crippen LogP contribution >= 0.6 is 0 Å². The summed E-state index contributed by atoms with van der Waals surface area (Å²) >= 11 is 0. The van der Waals surface area contributed by atoms with E-state index in [4.69, 9.17) is 0 Å². The molecule has 2 unspecified atom stereocenters. The van der Waals surface area contributed by atoms with E-state index in [1.165, 1.54) is 0 Å². The van der Waals surface area contributed by atoms with Crippen molar-refractivity contribution in [2.45, 2.75) is 45.3 Å². The van der Waals surface area contributed by atoms with E-state index >= 15 is 0 Å². The summed E-state index contributed by atoms with van der Waals surface area (Å²) in [6.07, 6.45) is 2.48. The Bertz CT molecular complexity index is 272. The first-order valence-electron chi connectivity index (χ1n) is 6.21. The summed E-state index contributed by atoms with van der Waals surface area (Å²) in [5.41, 5.74) is -0.169. The fourth-order valence-electron chi connectivity index (χ4n) is 2.51. The van der Waals surface area contributed by atoms with E-state index in [1.807, 2.05) is 13.8 Å². The van der Waals surface area contributed by atoms with E-state index in [0.717, 1.165) is 25.9 Å². The zero-order valence-electron chi connectivity index (χ0n) is 10.1. The molecule has 2 fully saturated rings. The summed E-state index contributed by atoms with van der Waals surface area (Å²) in [6.45, 7) is 5.83. The van der Waals surface area contributed by atoms with Crippen LogP contribution in [0.25, 0.3) is 0 Å². The minimum Gasteiger partial charge on any atom is -0.392 e. The summed E-state index contributed by atoms with van der Waals surface area (Å²) in [4.78, 5) is 12.0. The van der Waals surface area contributed by atoms with Gasteiger partial charge in [0.05, 0.1) is 12.0 Å². The Kier molecular flexibility index (Phi) is 3.22. The molecule has 16 heavy (non-hydrogen) atoms. The Hall–Kier alpha value is -0.610. The van der Waals surface area contributed by atoms with Gasteiger partial charge in [-0.2, -0.15) is 0 Å². The summed E-state index contributed by atoms with van der Waals surface area (Å²) in [6, 6.07) is 0.136. The number of amides is 1. The first kappa shape index (κ1) is 11.9. The number of hydrogen-bond acceptors (Lipinski definition) is 3. The van der Waals surface area contributed by atoms with E-state index in [9.17, 15) is 9.90 Å². The number of carbonyl (C=O) groups is 1. The van der Waals surface area contributed by atoms with Crippen LogP contribution in [0.5, 0.6) is 0 Å². The molecule has 1 aliphatic carbocycles. The van der Waals surface area contributed by atoms with Crippen molar-refractivity contribution < 1.29 is 9.90 Å². The number of hydrogen-bond donors (Lipinski definition) is 3. The van der Waals surface area contributed by atoms with Gasteiger partial charge in [-0.15, -0.1) is 0 Å². The van der Waals surface area contributed by atoms with Gasteiger partial charge < -0.3 is 15.7 Å². The van der Waals surface area contributed by atoms with Gasteiger partial charge in [0, 0.05) is 18.0 Å². The highest BCUT2D eigenvalue weighted by atomic mass is 16.3. The monoisotopic (exact) mass is 226 g/mol. The van der Waals surface area contributed by atoms with Crippen LogP contribution in [-0.2, 0) is 4.79 Å². The third-order valence-electron chi connectivity index (χ3n) is 4.20. The lowest BCUT2D eigenvalue weighted by Crippen LogP contribution is -2.62. The molecule has 0 aromatic rings. The van der Waals surface area contributed by atoms with Gasteiger partial charge in [-0.05, 0) is 25.8 Å². The Morgan fingerprint density at radius 3 is 2.75 bits per heavy atom. The van der Waals surface area contributed by atoms with Crippen molar-refractivity contribution in [3.05, 3.63) is 0 Å². The minimum atomic E-state index is -0.276. The van der Waals surface area contributed by atoms with Crippen LogP contribution in [0.15, 0.2) is 0 Å². The lowest BCUT2D eigenvalue weighted by atomic mass is 9.64. The topological polar surface area (TPSA) is 61.4 Å². The number of piperidine rings is 1. The molecular formula is C12H22N2O2. The quantitative estimate of drug-likeness (QED) is 0.633. The molecule has 4 nitrogen and oxygen atoms in total. The zero-order valence-corrected chi connectivity index (χ0v) is 10.1. The van der Waals surface area contributed by atoms with Crippen LogP contribution < -0.4 is 10.6 Å². The molecule has 2 aliphatic rings. The molecule has 0 radical (unpaired) electrons. The SMILES string of the molecule is CC1(C)C(O)CC1NC(=O)[C@H]1CCCNC1. The number of aliphatic hydroxyl groups excluding tert-OH is 1. The molecule has 0 aromatic carbocycles. The fourth-order valence-corrected chi connectivity index (χ4v) is 2.51. The number of nitrogens with one attached hydrogen (secondary N) is 2. The molecule has 0 aromatic heterocycles. The highest BCUT2D eigenvalue weighted by molar-refractivity contribution is 5.79. The maximum absolute atomic E-state index is 12.0. The first-order chi connectivity index (χ1) is 7.51. The highest BCUT2D eigenvalue weighted by Crippen LogP contribution is 2.40. The summed E-state index contributed by atoms with van der Waals surface area (Å²) in [7, 11) is 0. The van der Waals surface area contributed by atoms with Crippen LogP contribution in [0.4, 0.5) is 0 Å². The van der Waals surface area contributed by atoms with Gasteiger partial charge in [-0.25, -0.2) is 0 Å². The second-order valence-corrected chi connectivity index (χ2v) is 5.68. The zero-order chi connectivity index (χ0) is 11.8. The molecule has 1 amide bonds. The van der Waals surface area contributed by atoms with Crippen LogP contribution in [0.2, 0.25) is 0 Å². The molecule has 1 aliphatic heterocycles. The van der Waals surface area contributed by atoms with Crippen LogP contribution in [-0.4, -0.2) is 36.2 Å². The Balaban J connectivity index is 1.83. The predicted octanol–water partition coefficient (Wildman–Crippen LogP) is 0.262. The molecular weight excluding hydrogens is 204 g/mol. The van der Waals surface area contributed by atoms with Crippen molar-refractivity contribution in [3.8, 4) is 0 Å². The number of carbonyl (C=O) groups excluding carboxylic acids is 1. The maximum Gasteiger partial charge on any atom is 0.224 e. The van der Waals surface area contributed by atoms with Gasteiger partial charge in [0.1, 0.15) is 0 Å². The van der Waals surface area contributed by atoms with E-state index in [-0.39, 0.29) is 29.4 Å². The number of aliphatic hydroxyl groups is 1. The molecule has 4 heteroatoms. The molecule has 3 atom stereocenters. The van der Waals surface area contributed by atoms with E-state index < -0.39 is 0 Å². The Morgan fingerprint density at radius 1 is 1.50 bits per heavy atom. The van der Waals surface area contributed by atoms with E-state index in [0.29, 0.717) is 6.42 Å². The summed E-state index contributed by atoms with van der Waals surface area (Å²) in [5.74, 6) is 0.263. The van der Waals surface area contributed by atoms with Crippen molar-refractivity contribution in [2.24, 2.45) is 11.3 Å². The molecule has 1 saturated carbocycles. The maximum atomic E-state index is 12.0. The second-order valence-electron chi connectivity index (χ2n) is 5.68. The van der Waals surface area contributed by atoms with Gasteiger partial charge in [0.2, 0.25) is 5.91 Å². The largest absolute Gasteiger partial charge is 0.392 e. The van der Waals surface area contributed by atoms with Gasteiger partial charge in [-0.1, -0.05) is 13.8 Å². The molecule has 2 rings (SSSR count). The average molecular weight is 226 g/mol. The molecule has 3 N–H and O–H groups in total. The molecule has 0 spiro atoms. The van der Waals surface area contributed by atoms with Crippen molar-refractivity contribution in [1.82, 2.24) is 10.6 Å². The summed E-state index contributed by atoms with van der Waals surface area (Å²) in [5, 5.41) is 15.9. The Labute approximate surface area is 96.8 Å². The van der Waals surface area contributed by atoms with Crippen molar-refractivity contribution in [1.29, 1.82) is 0 Å². The van der Waals surface area contributed by atoms with Crippen molar-refractivity contribution in [3.63, 3.8) is 0 Å². The molecule has 0 bridgehead atoms. The lowest BCUT2D eigenvalue weighted by molar-refractivity contribution is -0.133. The third-order valence-corrected chi connectivity index (χ3v) is 4.20. The minimum absolute atomic E-state index is 0.113. The smallest absolute Gasteiger partial charge is 0.224 e. The van der Waals surface area contributed by atoms with Gasteiger partial charge in [0.25, 0.3) is 0 Å². The standard InChI is InChI=1S/C12H22N2O2/c1-12(2)9(6-10(12)15)14-11(16)8-4-3-5-13-7-8/h8-10,13,15H,3-7H2,1-2H3,(H,14,16)/t8-,9?,10?/m0/s1. The van der Waals surface area contributed by atoms with E-state index in [1.54, 1.807) is 0 Å². The normalized spacial score (nSPS) is 37.6. The van der Waals surface area contributed by atoms with Gasteiger partial charge in [0.15, 0.2) is 0 Å². The molecule has 1 saturated heterocycles. The van der Waals surface area contributed by atoms with Crippen molar-refractivity contribution in [2.75, 3.05) is 13.1 Å². The highest BCUT2D eigenvalue weighted by Gasteiger charge is 2.48. The fraction of sp³-hybridized carbons (Fsp3) is 0.917. The van der Waals surface area contributed by atoms with Crippen molar-refractivity contribution >= 4 is 5.91 Å². The number of rotatable bonds is 2. The van der Waals surface area contributed by atoms with E-state index in [2.05, 4.69) is 10.6 Å². The summed E-state index contributed by atoms with van der Waals surface area (Å²) < 4.78 is 0. The van der Waals surface area contributed by atoms with Gasteiger partial charge in [-0.3, -0.25) is 4.79 Å². The first-order valence-corrected chi connectivity index (χ1v) is 6.21. The van der Waals surface area contributed by atoms with Crippen LogP contribution in [0.1, 0.15) is 33.1 Å². The molecule has 92 valence electrons. The predicted molar refractivity (Wildman–Crippen MR) is 61.9 cm³/mol. The average Bonchev–Trinajstić information content (AvgIpc) is 2.29. The van der Waals surface area contributed by atoms with Gasteiger partial charge >= 0.3 is 0 Å². The van der Waals surface area contributed by atoms with Crippen LogP contribution in [0, 0.1) is 11.3 Å². The lowest BCUT2D eigenvalue weighted by Gasteiger charge is -2.49. The third kappa shape index (κ3) is 2.09.